The van der Waals surface area contributed by atoms with Crippen molar-refractivity contribution in [1.29, 1.82) is 0 Å². The normalized spacial score (nSPS) is 10.7. The molecule has 8 nitrogen and oxygen atoms in total. The molecule has 0 fully saturated rings. The molecule has 0 spiro atoms. The number of nitrogens with one attached hydrogen (secondary N) is 1. The molecule has 1 N–H and O–H groups in total. The van der Waals surface area contributed by atoms with Crippen LogP contribution in [-0.4, -0.2) is 44.4 Å². The van der Waals surface area contributed by atoms with Crippen molar-refractivity contribution < 1.29 is 14.3 Å². The summed E-state index contributed by atoms with van der Waals surface area (Å²) in [4.78, 5) is 24.3. The van der Waals surface area contributed by atoms with Gasteiger partial charge in [-0.05, 0) is 54.3 Å². The van der Waals surface area contributed by atoms with Crippen molar-refractivity contribution in [2.24, 2.45) is 0 Å². The van der Waals surface area contributed by atoms with Gasteiger partial charge >= 0.3 is 5.97 Å². The first-order chi connectivity index (χ1) is 13.5. The van der Waals surface area contributed by atoms with Crippen molar-refractivity contribution in [2.45, 2.75) is 25.9 Å². The van der Waals surface area contributed by atoms with E-state index in [1.165, 1.54) is 23.1 Å². The number of benzene rings is 1. The number of ether oxygens (including phenoxy) is 1. The van der Waals surface area contributed by atoms with Gasteiger partial charge in [0.15, 0.2) is 0 Å². The maximum atomic E-state index is 12.3. The van der Waals surface area contributed by atoms with E-state index in [-0.39, 0.29) is 18.3 Å². The Kier molecular flexibility index (Phi) is 6.42. The molecule has 1 aromatic carbocycles. The number of tetrazole rings is 1. The number of thioether (sulfide) groups is 1. The van der Waals surface area contributed by atoms with E-state index in [1.54, 1.807) is 23.1 Å². The summed E-state index contributed by atoms with van der Waals surface area (Å²) in [5, 5.41) is 17.2. The Morgan fingerprint density at radius 2 is 2.11 bits per heavy atom. The van der Waals surface area contributed by atoms with Crippen LogP contribution in [0.1, 0.15) is 28.4 Å². The molecule has 0 unspecified atom stereocenters. The molecule has 0 bridgehead atoms. The minimum absolute atomic E-state index is 0.103. The second-order valence-electron chi connectivity index (χ2n) is 5.88. The van der Waals surface area contributed by atoms with Crippen LogP contribution in [0.4, 0.5) is 5.00 Å². The smallest absolute Gasteiger partial charge is 0.341 e. The summed E-state index contributed by atoms with van der Waals surface area (Å²) in [6.07, 6.45) is 0. The Morgan fingerprint density at radius 1 is 1.29 bits per heavy atom. The van der Waals surface area contributed by atoms with Gasteiger partial charge in [-0.3, -0.25) is 4.79 Å². The standard InChI is InChI=1S/C18H19N5O3S2/c1-4-26-17(25)13-7-8-27-16(13)19-15(24)10-28-18-20-21-22-23(18)14-6-5-11(2)9-12(14)3/h5-9H,4,10H2,1-3H3,(H,19,24). The Labute approximate surface area is 170 Å². The lowest BCUT2D eigenvalue weighted by Crippen LogP contribution is -2.16. The molecule has 0 aliphatic carbocycles. The topological polar surface area (TPSA) is 99.0 Å². The molecule has 3 aromatic rings. The molecule has 28 heavy (non-hydrogen) atoms. The number of carbonyl (C=O) groups is 2. The number of carbonyl (C=O) groups excluding carboxylic acids is 2. The van der Waals surface area contributed by atoms with E-state index in [0.29, 0.717) is 15.7 Å². The third-order valence-corrected chi connectivity index (χ3v) is 5.52. The summed E-state index contributed by atoms with van der Waals surface area (Å²) in [5.74, 6) is -0.607. The molecule has 0 atom stereocenters. The van der Waals surface area contributed by atoms with Gasteiger partial charge < -0.3 is 10.1 Å². The van der Waals surface area contributed by atoms with Crippen molar-refractivity contribution >= 4 is 40.0 Å². The molecule has 3 rings (SSSR count). The number of rotatable bonds is 7. The van der Waals surface area contributed by atoms with E-state index < -0.39 is 5.97 Å². The molecule has 0 saturated heterocycles. The molecule has 0 radical (unpaired) electrons. The fraction of sp³-hybridized carbons (Fsp3) is 0.278. The SMILES string of the molecule is CCOC(=O)c1ccsc1NC(=O)CSc1nnnn1-c1ccc(C)cc1C. The Balaban J connectivity index is 1.66. The summed E-state index contributed by atoms with van der Waals surface area (Å²) in [5.41, 5.74) is 3.40. The van der Waals surface area contributed by atoms with Gasteiger partial charge in [-0.2, -0.15) is 4.68 Å². The highest BCUT2D eigenvalue weighted by atomic mass is 32.2. The van der Waals surface area contributed by atoms with Crippen molar-refractivity contribution in [1.82, 2.24) is 20.2 Å². The summed E-state index contributed by atoms with van der Waals surface area (Å²) in [6.45, 7) is 6.02. The maximum absolute atomic E-state index is 12.3. The summed E-state index contributed by atoms with van der Waals surface area (Å²) < 4.78 is 6.61. The fourth-order valence-corrected chi connectivity index (χ4v) is 4.01. The van der Waals surface area contributed by atoms with Crippen LogP contribution >= 0.6 is 23.1 Å². The molecule has 10 heteroatoms. The van der Waals surface area contributed by atoms with Gasteiger partial charge in [0, 0.05) is 0 Å². The maximum Gasteiger partial charge on any atom is 0.341 e. The van der Waals surface area contributed by atoms with E-state index in [4.69, 9.17) is 4.74 Å². The van der Waals surface area contributed by atoms with Crippen LogP contribution in [0.2, 0.25) is 0 Å². The van der Waals surface area contributed by atoms with Crippen LogP contribution in [0.25, 0.3) is 5.69 Å². The Bertz CT molecular complexity index is 999. The first-order valence-electron chi connectivity index (χ1n) is 8.53. The zero-order valence-electron chi connectivity index (χ0n) is 15.6. The van der Waals surface area contributed by atoms with Gasteiger partial charge in [-0.25, -0.2) is 4.79 Å². The minimum atomic E-state index is -0.453. The van der Waals surface area contributed by atoms with Crippen molar-refractivity contribution in [3.63, 3.8) is 0 Å². The largest absolute Gasteiger partial charge is 0.462 e. The highest BCUT2D eigenvalue weighted by Gasteiger charge is 2.17. The third-order valence-electron chi connectivity index (χ3n) is 3.77. The molecule has 1 amide bonds. The van der Waals surface area contributed by atoms with Crippen molar-refractivity contribution in [3.05, 3.63) is 46.3 Å². The average molecular weight is 418 g/mol. The molecular formula is C18H19N5O3S2. The Hall–Kier alpha value is -2.72. The van der Waals surface area contributed by atoms with Gasteiger partial charge in [-0.1, -0.05) is 29.5 Å². The number of thiophene rings is 1. The molecule has 0 saturated carbocycles. The van der Waals surface area contributed by atoms with Gasteiger partial charge in [0.1, 0.15) is 5.00 Å². The lowest BCUT2D eigenvalue weighted by atomic mass is 10.1. The predicted octanol–water partition coefficient (Wildman–Crippen LogP) is 3.25. The van der Waals surface area contributed by atoms with E-state index >= 15 is 0 Å². The van der Waals surface area contributed by atoms with Crippen molar-refractivity contribution in [3.8, 4) is 5.69 Å². The zero-order chi connectivity index (χ0) is 20.1. The van der Waals surface area contributed by atoms with Crippen LogP contribution in [0.15, 0.2) is 34.8 Å². The zero-order valence-corrected chi connectivity index (χ0v) is 17.3. The quantitative estimate of drug-likeness (QED) is 0.465. The highest BCUT2D eigenvalue weighted by molar-refractivity contribution is 7.99. The molecule has 2 heterocycles. The van der Waals surface area contributed by atoms with Crippen LogP contribution < -0.4 is 5.32 Å². The Morgan fingerprint density at radius 3 is 2.86 bits per heavy atom. The summed E-state index contributed by atoms with van der Waals surface area (Å²) in [6, 6.07) is 7.61. The number of anilines is 1. The van der Waals surface area contributed by atoms with Crippen LogP contribution in [0.5, 0.6) is 0 Å². The minimum Gasteiger partial charge on any atom is -0.462 e. The van der Waals surface area contributed by atoms with E-state index in [1.807, 2.05) is 32.0 Å². The highest BCUT2D eigenvalue weighted by Crippen LogP contribution is 2.25. The lowest BCUT2D eigenvalue weighted by molar-refractivity contribution is -0.113. The predicted molar refractivity (Wildman–Crippen MR) is 108 cm³/mol. The second-order valence-corrected chi connectivity index (χ2v) is 7.74. The van der Waals surface area contributed by atoms with Gasteiger partial charge in [0.25, 0.3) is 0 Å². The first-order valence-corrected chi connectivity index (χ1v) is 10.4. The van der Waals surface area contributed by atoms with Crippen molar-refractivity contribution in [2.75, 3.05) is 17.7 Å². The number of hydrogen-bond acceptors (Lipinski definition) is 8. The average Bonchev–Trinajstić information content (AvgIpc) is 3.29. The molecular weight excluding hydrogens is 398 g/mol. The monoisotopic (exact) mass is 417 g/mol. The van der Waals surface area contributed by atoms with E-state index in [9.17, 15) is 9.59 Å². The van der Waals surface area contributed by atoms with Gasteiger partial charge in [0.05, 0.1) is 23.6 Å². The van der Waals surface area contributed by atoms with E-state index in [2.05, 4.69) is 20.8 Å². The first kappa shape index (κ1) is 20.0. The lowest BCUT2D eigenvalue weighted by Gasteiger charge is -2.08. The summed E-state index contributed by atoms with van der Waals surface area (Å²) >= 11 is 2.49. The number of esters is 1. The van der Waals surface area contributed by atoms with Gasteiger partial charge in [0.2, 0.25) is 11.1 Å². The molecule has 2 aromatic heterocycles. The number of aromatic nitrogens is 4. The van der Waals surface area contributed by atoms with Crippen LogP contribution in [-0.2, 0) is 9.53 Å². The molecule has 0 aliphatic rings. The van der Waals surface area contributed by atoms with Gasteiger partial charge in [-0.15, -0.1) is 16.4 Å². The number of aryl methyl sites for hydroxylation is 2. The number of nitrogens with zero attached hydrogens (tertiary/aromatic N) is 4. The second kappa shape index (κ2) is 8.98. The molecule has 146 valence electrons. The number of amides is 1. The van der Waals surface area contributed by atoms with Crippen LogP contribution in [0, 0.1) is 13.8 Å². The fourth-order valence-electron chi connectivity index (χ4n) is 2.53. The summed E-state index contributed by atoms with van der Waals surface area (Å²) in [7, 11) is 0. The third kappa shape index (κ3) is 4.57. The van der Waals surface area contributed by atoms with E-state index in [0.717, 1.165) is 16.8 Å². The number of hydrogen-bond donors (Lipinski definition) is 1. The molecule has 0 aliphatic heterocycles. The van der Waals surface area contributed by atoms with Crippen LogP contribution in [0.3, 0.4) is 0 Å².